The summed E-state index contributed by atoms with van der Waals surface area (Å²) >= 11 is 0. The van der Waals surface area contributed by atoms with Gasteiger partial charge in [-0.05, 0) is 43.9 Å². The number of benzene rings is 1. The van der Waals surface area contributed by atoms with Gasteiger partial charge in [-0.25, -0.2) is 0 Å². The Bertz CT molecular complexity index is 515. The van der Waals surface area contributed by atoms with Gasteiger partial charge in [0.2, 0.25) is 5.91 Å². The molecule has 1 aromatic rings. The number of amides is 1. The van der Waals surface area contributed by atoms with Crippen LogP contribution in [0.15, 0.2) is 24.3 Å². The highest BCUT2D eigenvalue weighted by molar-refractivity contribution is 5.95. The molecule has 1 aromatic carbocycles. The summed E-state index contributed by atoms with van der Waals surface area (Å²) in [7, 11) is 0. The van der Waals surface area contributed by atoms with E-state index in [1.165, 1.54) is 0 Å². The van der Waals surface area contributed by atoms with E-state index >= 15 is 0 Å². The van der Waals surface area contributed by atoms with Crippen molar-refractivity contribution in [1.29, 1.82) is 0 Å². The molecule has 0 aromatic heterocycles. The highest BCUT2D eigenvalue weighted by Gasteiger charge is 2.39. The molecule has 0 heterocycles. The molecule has 0 radical (unpaired) electrons. The standard InChI is InChI=1S/C17H23NO3/c1-3-17(10-4-5-11-17)16(21)18-14-8-6-13(7-9-14)12(2)15(19)20/h6-9,12H,3-5,10-11H2,1-2H3,(H,18,21)(H,19,20). The first kappa shape index (κ1) is 15.5. The second-order valence-corrected chi connectivity index (χ2v) is 5.98. The molecule has 21 heavy (non-hydrogen) atoms. The summed E-state index contributed by atoms with van der Waals surface area (Å²) in [4.78, 5) is 23.4. The number of hydrogen-bond donors (Lipinski definition) is 2. The summed E-state index contributed by atoms with van der Waals surface area (Å²) in [6.45, 7) is 3.73. The van der Waals surface area contributed by atoms with Crippen LogP contribution >= 0.6 is 0 Å². The van der Waals surface area contributed by atoms with Gasteiger partial charge in [-0.1, -0.05) is 31.9 Å². The van der Waals surface area contributed by atoms with Gasteiger partial charge in [-0.3, -0.25) is 9.59 Å². The lowest BCUT2D eigenvalue weighted by Crippen LogP contribution is -2.33. The van der Waals surface area contributed by atoms with E-state index in [0.717, 1.165) is 43.4 Å². The lowest BCUT2D eigenvalue weighted by Gasteiger charge is -2.26. The molecular weight excluding hydrogens is 266 g/mol. The van der Waals surface area contributed by atoms with Gasteiger partial charge in [0, 0.05) is 11.1 Å². The lowest BCUT2D eigenvalue weighted by atomic mass is 9.82. The number of carboxylic acid groups (broad SMARTS) is 1. The lowest BCUT2D eigenvalue weighted by molar-refractivity contribution is -0.138. The molecule has 1 unspecified atom stereocenters. The zero-order valence-electron chi connectivity index (χ0n) is 12.7. The van der Waals surface area contributed by atoms with E-state index in [1.54, 1.807) is 31.2 Å². The fourth-order valence-electron chi connectivity index (χ4n) is 3.05. The van der Waals surface area contributed by atoms with Crippen molar-refractivity contribution >= 4 is 17.6 Å². The van der Waals surface area contributed by atoms with Crippen LogP contribution in [0.4, 0.5) is 5.69 Å². The largest absolute Gasteiger partial charge is 0.481 e. The topological polar surface area (TPSA) is 66.4 Å². The molecule has 114 valence electrons. The van der Waals surface area contributed by atoms with Crippen LogP contribution in [0.2, 0.25) is 0 Å². The maximum atomic E-state index is 12.5. The highest BCUT2D eigenvalue weighted by atomic mass is 16.4. The quantitative estimate of drug-likeness (QED) is 0.866. The minimum absolute atomic E-state index is 0.0986. The number of rotatable bonds is 5. The molecule has 0 spiro atoms. The Kier molecular flexibility index (Phi) is 4.66. The monoisotopic (exact) mass is 289 g/mol. The molecule has 1 atom stereocenters. The Balaban J connectivity index is 2.06. The van der Waals surface area contributed by atoms with Crippen molar-refractivity contribution in [2.24, 2.45) is 5.41 Å². The Labute approximate surface area is 125 Å². The van der Waals surface area contributed by atoms with Crippen LogP contribution in [0, 0.1) is 5.41 Å². The average molecular weight is 289 g/mol. The van der Waals surface area contributed by atoms with Crippen molar-refractivity contribution in [3.05, 3.63) is 29.8 Å². The molecule has 2 rings (SSSR count). The van der Waals surface area contributed by atoms with Crippen LogP contribution in [-0.2, 0) is 9.59 Å². The van der Waals surface area contributed by atoms with Gasteiger partial charge >= 0.3 is 5.97 Å². The summed E-state index contributed by atoms with van der Waals surface area (Å²) in [6.07, 6.45) is 5.03. The van der Waals surface area contributed by atoms with Crippen LogP contribution in [0.1, 0.15) is 57.4 Å². The molecule has 2 N–H and O–H groups in total. The summed E-state index contributed by atoms with van der Waals surface area (Å²) in [6, 6.07) is 7.10. The summed E-state index contributed by atoms with van der Waals surface area (Å²) in [5.41, 5.74) is 1.26. The van der Waals surface area contributed by atoms with Crippen molar-refractivity contribution < 1.29 is 14.7 Å². The number of carboxylic acids is 1. The van der Waals surface area contributed by atoms with Gasteiger partial charge in [-0.15, -0.1) is 0 Å². The van der Waals surface area contributed by atoms with Gasteiger partial charge in [0.1, 0.15) is 0 Å². The van der Waals surface area contributed by atoms with E-state index in [-0.39, 0.29) is 11.3 Å². The van der Waals surface area contributed by atoms with E-state index in [2.05, 4.69) is 12.2 Å². The molecule has 0 bridgehead atoms. The van der Waals surface area contributed by atoms with Crippen molar-refractivity contribution in [2.45, 2.75) is 51.9 Å². The predicted molar refractivity (Wildman–Crippen MR) is 82.3 cm³/mol. The zero-order valence-corrected chi connectivity index (χ0v) is 12.7. The third kappa shape index (κ3) is 3.26. The zero-order chi connectivity index (χ0) is 15.5. The van der Waals surface area contributed by atoms with Crippen LogP contribution < -0.4 is 5.32 Å². The maximum absolute atomic E-state index is 12.5. The molecule has 4 heteroatoms. The van der Waals surface area contributed by atoms with Crippen molar-refractivity contribution in [2.75, 3.05) is 5.32 Å². The molecular formula is C17H23NO3. The van der Waals surface area contributed by atoms with Gasteiger partial charge < -0.3 is 10.4 Å². The van der Waals surface area contributed by atoms with E-state index in [1.807, 2.05) is 0 Å². The van der Waals surface area contributed by atoms with Crippen molar-refractivity contribution in [1.82, 2.24) is 0 Å². The Morgan fingerprint density at radius 1 is 1.24 bits per heavy atom. The Morgan fingerprint density at radius 3 is 2.29 bits per heavy atom. The van der Waals surface area contributed by atoms with Crippen molar-refractivity contribution in [3.63, 3.8) is 0 Å². The molecule has 1 aliphatic carbocycles. The predicted octanol–water partition coefficient (Wildman–Crippen LogP) is 3.78. The molecule has 4 nitrogen and oxygen atoms in total. The molecule has 1 aliphatic rings. The van der Waals surface area contributed by atoms with Crippen molar-refractivity contribution in [3.8, 4) is 0 Å². The molecule has 0 aliphatic heterocycles. The normalized spacial score (nSPS) is 18.2. The van der Waals surface area contributed by atoms with Crippen LogP contribution in [0.3, 0.4) is 0 Å². The van der Waals surface area contributed by atoms with Gasteiger partial charge in [0.25, 0.3) is 0 Å². The molecule has 1 amide bonds. The number of carbonyl (C=O) groups is 2. The highest BCUT2D eigenvalue weighted by Crippen LogP contribution is 2.41. The molecule has 1 fully saturated rings. The number of hydrogen-bond acceptors (Lipinski definition) is 2. The SMILES string of the molecule is CCC1(C(=O)Nc2ccc(C(C)C(=O)O)cc2)CCCC1. The second-order valence-electron chi connectivity index (χ2n) is 5.98. The number of carbonyl (C=O) groups excluding carboxylic acids is 1. The molecule has 0 saturated heterocycles. The minimum atomic E-state index is -0.845. The summed E-state index contributed by atoms with van der Waals surface area (Å²) in [5.74, 6) is -1.28. The van der Waals surface area contributed by atoms with E-state index in [4.69, 9.17) is 5.11 Å². The Morgan fingerprint density at radius 2 is 1.81 bits per heavy atom. The average Bonchev–Trinajstić information content (AvgIpc) is 2.97. The number of anilines is 1. The summed E-state index contributed by atoms with van der Waals surface area (Å²) in [5, 5.41) is 12.0. The van der Waals surface area contributed by atoms with Crippen LogP contribution in [0.25, 0.3) is 0 Å². The van der Waals surface area contributed by atoms with Gasteiger partial charge in [0.15, 0.2) is 0 Å². The fraction of sp³-hybridized carbons (Fsp3) is 0.529. The summed E-state index contributed by atoms with van der Waals surface area (Å²) < 4.78 is 0. The van der Waals surface area contributed by atoms with E-state index < -0.39 is 11.9 Å². The van der Waals surface area contributed by atoms with Crippen LogP contribution in [0.5, 0.6) is 0 Å². The second kappa shape index (κ2) is 6.29. The first-order valence-electron chi connectivity index (χ1n) is 7.63. The maximum Gasteiger partial charge on any atom is 0.310 e. The molecule has 1 saturated carbocycles. The minimum Gasteiger partial charge on any atom is -0.481 e. The number of aliphatic carboxylic acids is 1. The number of nitrogens with one attached hydrogen (secondary N) is 1. The van der Waals surface area contributed by atoms with E-state index in [9.17, 15) is 9.59 Å². The van der Waals surface area contributed by atoms with Gasteiger partial charge in [-0.2, -0.15) is 0 Å². The third-order valence-corrected chi connectivity index (χ3v) is 4.76. The first-order valence-corrected chi connectivity index (χ1v) is 7.63. The van der Waals surface area contributed by atoms with Gasteiger partial charge in [0.05, 0.1) is 5.92 Å². The van der Waals surface area contributed by atoms with Crippen LogP contribution in [-0.4, -0.2) is 17.0 Å². The first-order chi connectivity index (χ1) is 9.98. The fourth-order valence-corrected chi connectivity index (χ4v) is 3.05. The Hall–Kier alpha value is -1.84. The smallest absolute Gasteiger partial charge is 0.310 e. The van der Waals surface area contributed by atoms with E-state index in [0.29, 0.717) is 0 Å². The third-order valence-electron chi connectivity index (χ3n) is 4.76.